The van der Waals surface area contributed by atoms with Crippen molar-refractivity contribution in [1.82, 2.24) is 10.6 Å². The molecule has 34 nitrogen and oxygen atoms in total. The molecule has 0 unspecified atom stereocenters. The molecule has 0 aromatic heterocycles. The van der Waals surface area contributed by atoms with Crippen LogP contribution in [0.2, 0.25) is 0 Å². The molecule has 21 N–H and O–H groups in total. The van der Waals surface area contributed by atoms with Crippen molar-refractivity contribution in [2.75, 3.05) is 52.8 Å². The SMILES string of the molecule is CC(=O)N[C@H]1[C@H](O[C@@H]2[C@H](O)[C@@H](OCCCCCN)O[C@H](CO)[C@H]2O)O[C@H](CO)[C@H](O[C@H]2O[C@H](CO)[C@@H](O[C@@H]3O[C@H](CO)[C@H](O)[C@H](O[C@@H]4O[C@H](CO)[C@@H](O)[C@H](O)[C@H]4O)[C@H]3NC(C)=O)[C@H](O)[C@H]2O)[C@@H]1O[C@@H]1O[C@H](CO)[C@@H](O)[C@H](O)[C@H]1O. The summed E-state index contributed by atoms with van der Waals surface area (Å²) in [5, 5.41) is 189. The number of aliphatic hydroxyl groups excluding tert-OH is 17. The van der Waals surface area contributed by atoms with Gasteiger partial charge in [-0.3, -0.25) is 9.59 Å². The number of amides is 2. The molecule has 460 valence electrons. The van der Waals surface area contributed by atoms with Crippen LogP contribution >= 0.6 is 0 Å². The average molecular weight is 1160 g/mol. The van der Waals surface area contributed by atoms with E-state index in [-0.39, 0.29) is 6.61 Å². The van der Waals surface area contributed by atoms with Gasteiger partial charge in [0.15, 0.2) is 37.7 Å². The lowest BCUT2D eigenvalue weighted by Gasteiger charge is -2.52. The molecule has 30 atom stereocenters. The number of unbranched alkanes of at least 4 members (excludes halogenated alkanes) is 2. The van der Waals surface area contributed by atoms with Crippen LogP contribution in [0, 0.1) is 0 Å². The van der Waals surface area contributed by atoms with Gasteiger partial charge in [0, 0.05) is 20.5 Å². The van der Waals surface area contributed by atoms with Crippen molar-refractivity contribution >= 4 is 11.8 Å². The zero-order chi connectivity index (χ0) is 58.2. The second-order valence-corrected chi connectivity index (χ2v) is 19.9. The van der Waals surface area contributed by atoms with E-state index in [1.807, 2.05) is 0 Å². The Labute approximate surface area is 450 Å². The van der Waals surface area contributed by atoms with E-state index in [0.717, 1.165) is 13.8 Å². The standard InChI is InChI=1S/C45H79N3O31/c1-14(55)47-22-37(77-43-31(64)28(61)24(57)16(8-49)71-43)26(59)18(10-51)69-40(22)75-35-20(12-53)74-45(33(66)30(35)63)76-36-21(13-54)73-41(79-39-27(60)19(11-52)70-42(34(39)67)68-7-5-3-4-6-46)23(48-15(2)56)38(36)78-44-32(65)29(62)25(58)17(9-50)72-44/h16-45,49-54,57-67H,3-13,46H2,1-2H3,(H,47,55)(H,48,56)/t16-,17-,18-,19-,20-,21-,22-,23-,24-,25-,26+,27-,28+,29+,30-,31-,32-,33-,34+,35-,36+,37-,38-,39+,40+,41+,42+,43+,44+,45-/m1/s1. The largest absolute Gasteiger partial charge is 0.394 e. The van der Waals surface area contributed by atoms with E-state index >= 15 is 0 Å². The Morgan fingerprint density at radius 1 is 0.367 bits per heavy atom. The minimum Gasteiger partial charge on any atom is -0.394 e. The van der Waals surface area contributed by atoms with Crippen LogP contribution < -0.4 is 16.4 Å². The quantitative estimate of drug-likeness (QED) is 0.0399. The predicted molar refractivity (Wildman–Crippen MR) is 249 cm³/mol. The molecular formula is C45H79N3O31. The van der Waals surface area contributed by atoms with Crippen LogP contribution in [-0.2, 0) is 66.4 Å². The van der Waals surface area contributed by atoms with Crippen molar-refractivity contribution in [1.29, 1.82) is 0 Å². The third-order valence-electron chi connectivity index (χ3n) is 14.3. The Kier molecular flexibility index (Phi) is 25.0. The molecule has 34 heteroatoms. The minimum atomic E-state index is -2.30. The van der Waals surface area contributed by atoms with Gasteiger partial charge >= 0.3 is 0 Å². The molecule has 6 aliphatic heterocycles. The molecule has 0 radical (unpaired) electrons. The van der Waals surface area contributed by atoms with E-state index in [1.165, 1.54) is 0 Å². The fourth-order valence-electron chi connectivity index (χ4n) is 10.1. The van der Waals surface area contributed by atoms with Crippen molar-refractivity contribution in [3.8, 4) is 0 Å². The first kappa shape index (κ1) is 65.9. The third kappa shape index (κ3) is 15.2. The zero-order valence-electron chi connectivity index (χ0n) is 43.0. The molecule has 0 aromatic carbocycles. The highest BCUT2D eigenvalue weighted by Crippen LogP contribution is 2.38. The summed E-state index contributed by atoms with van der Waals surface area (Å²) in [4.78, 5) is 25.7. The van der Waals surface area contributed by atoms with E-state index in [2.05, 4.69) is 10.6 Å². The fraction of sp³-hybridized carbons (Fsp3) is 0.956. The summed E-state index contributed by atoms with van der Waals surface area (Å²) in [6.45, 7) is -3.36. The van der Waals surface area contributed by atoms with Crippen molar-refractivity contribution in [3.63, 3.8) is 0 Å². The number of carbonyl (C=O) groups is 2. The van der Waals surface area contributed by atoms with Crippen LogP contribution in [0.25, 0.3) is 0 Å². The number of aliphatic hydroxyl groups is 17. The van der Waals surface area contributed by atoms with Crippen LogP contribution in [-0.4, -0.2) is 336 Å². The maximum absolute atomic E-state index is 13.1. The van der Waals surface area contributed by atoms with Crippen molar-refractivity contribution in [3.05, 3.63) is 0 Å². The Morgan fingerprint density at radius 2 is 0.722 bits per heavy atom. The van der Waals surface area contributed by atoms with Crippen LogP contribution in [0.3, 0.4) is 0 Å². The predicted octanol–water partition coefficient (Wildman–Crippen LogP) is -12.7. The molecule has 0 spiro atoms. The van der Waals surface area contributed by atoms with Crippen molar-refractivity contribution < 1.29 is 153 Å². The van der Waals surface area contributed by atoms with Crippen LogP contribution in [0.15, 0.2) is 0 Å². The summed E-state index contributed by atoms with van der Waals surface area (Å²) >= 11 is 0. The van der Waals surface area contributed by atoms with E-state index in [0.29, 0.717) is 25.8 Å². The number of carbonyl (C=O) groups excluding carboxylic acids is 2. The maximum atomic E-state index is 13.1. The number of rotatable bonds is 24. The van der Waals surface area contributed by atoms with Gasteiger partial charge in [-0.2, -0.15) is 0 Å². The summed E-state index contributed by atoms with van der Waals surface area (Å²) in [5.74, 6) is -1.70. The van der Waals surface area contributed by atoms with Crippen LogP contribution in [0.5, 0.6) is 0 Å². The van der Waals surface area contributed by atoms with Gasteiger partial charge in [0.1, 0.15) is 146 Å². The minimum absolute atomic E-state index is 0.0236. The lowest BCUT2D eigenvalue weighted by Crippen LogP contribution is -2.71. The molecule has 6 rings (SSSR count). The van der Waals surface area contributed by atoms with Gasteiger partial charge in [0.25, 0.3) is 0 Å². The lowest BCUT2D eigenvalue weighted by atomic mass is 9.93. The smallest absolute Gasteiger partial charge is 0.217 e. The first-order valence-corrected chi connectivity index (χ1v) is 25.8. The summed E-state index contributed by atoms with van der Waals surface area (Å²) in [5.41, 5.74) is 5.57. The van der Waals surface area contributed by atoms with Crippen LogP contribution in [0.1, 0.15) is 33.1 Å². The maximum Gasteiger partial charge on any atom is 0.217 e. The first-order chi connectivity index (χ1) is 37.6. The van der Waals surface area contributed by atoms with Crippen molar-refractivity contribution in [2.24, 2.45) is 5.73 Å². The third-order valence-corrected chi connectivity index (χ3v) is 14.3. The molecular weight excluding hydrogens is 1080 g/mol. The van der Waals surface area contributed by atoms with Gasteiger partial charge in [-0.15, -0.1) is 0 Å². The Bertz CT molecular complexity index is 1850. The topological polar surface area (TPSA) is 539 Å². The lowest BCUT2D eigenvalue weighted by molar-refractivity contribution is -0.393. The van der Waals surface area contributed by atoms with E-state index in [1.54, 1.807) is 0 Å². The number of nitrogens with two attached hydrogens (primary N) is 1. The normalized spacial score (nSPS) is 46.9. The van der Waals surface area contributed by atoms with Crippen molar-refractivity contribution in [2.45, 2.75) is 217 Å². The highest BCUT2D eigenvalue weighted by molar-refractivity contribution is 5.73. The van der Waals surface area contributed by atoms with Gasteiger partial charge in [-0.25, -0.2) is 0 Å². The summed E-state index contributed by atoms with van der Waals surface area (Å²) < 4.78 is 70.7. The second kappa shape index (κ2) is 30.0. The van der Waals surface area contributed by atoms with Crippen LogP contribution in [0.4, 0.5) is 0 Å². The van der Waals surface area contributed by atoms with E-state index in [9.17, 15) is 96.4 Å². The number of hydrogen-bond donors (Lipinski definition) is 20. The average Bonchev–Trinajstić information content (AvgIpc) is 3.50. The summed E-state index contributed by atoms with van der Waals surface area (Å²) in [6.07, 6.45) is -51.2. The summed E-state index contributed by atoms with van der Waals surface area (Å²) in [6, 6.07) is -3.52. The first-order valence-electron chi connectivity index (χ1n) is 25.8. The Balaban J connectivity index is 1.30. The molecule has 0 aliphatic carbocycles. The Hall–Kier alpha value is -2.26. The number of ether oxygens (including phenoxy) is 12. The second-order valence-electron chi connectivity index (χ2n) is 19.9. The molecule has 2 amide bonds. The number of hydrogen-bond acceptors (Lipinski definition) is 32. The van der Waals surface area contributed by atoms with E-state index < -0.39 is 236 Å². The van der Waals surface area contributed by atoms with E-state index in [4.69, 9.17) is 62.6 Å². The molecule has 0 bridgehead atoms. The highest BCUT2D eigenvalue weighted by Gasteiger charge is 2.59. The van der Waals surface area contributed by atoms with Gasteiger partial charge in [-0.05, 0) is 25.8 Å². The number of nitrogens with one attached hydrogen (secondary N) is 2. The molecule has 6 fully saturated rings. The molecule has 6 saturated heterocycles. The zero-order valence-corrected chi connectivity index (χ0v) is 43.0. The molecule has 0 aromatic rings. The molecule has 79 heavy (non-hydrogen) atoms. The monoisotopic (exact) mass is 1160 g/mol. The molecule has 0 saturated carbocycles. The van der Waals surface area contributed by atoms with Gasteiger partial charge in [0.2, 0.25) is 11.8 Å². The van der Waals surface area contributed by atoms with Gasteiger partial charge < -0.3 is 160 Å². The van der Waals surface area contributed by atoms with Gasteiger partial charge in [-0.1, -0.05) is 0 Å². The molecule has 6 aliphatic rings. The highest BCUT2D eigenvalue weighted by atomic mass is 16.8. The Morgan fingerprint density at radius 3 is 1.20 bits per heavy atom. The summed E-state index contributed by atoms with van der Waals surface area (Å²) in [7, 11) is 0. The fourth-order valence-corrected chi connectivity index (χ4v) is 10.1. The van der Waals surface area contributed by atoms with Gasteiger partial charge in [0.05, 0.1) is 39.6 Å². The molecule has 6 heterocycles.